The summed E-state index contributed by atoms with van der Waals surface area (Å²) >= 11 is 0. The van der Waals surface area contributed by atoms with Crippen LogP contribution in [0.2, 0.25) is 0 Å². The van der Waals surface area contributed by atoms with E-state index < -0.39 is 12.2 Å². The first kappa shape index (κ1) is 5.91. The van der Waals surface area contributed by atoms with Crippen molar-refractivity contribution in [2.24, 2.45) is 0 Å². The fourth-order valence-corrected chi connectivity index (χ4v) is 0.552. The van der Waals surface area contributed by atoms with E-state index in [1.165, 1.54) is 0 Å². The molecule has 1 atom stereocenters. The molecule has 1 saturated heterocycles. The molecule has 4 heteroatoms. The molecule has 0 spiro atoms. The number of hydrogen-bond donors (Lipinski definition) is 1. The SMILES string of the molecule is OC1OCCC1(F)F. The molecule has 48 valence electrons. The van der Waals surface area contributed by atoms with E-state index in [9.17, 15) is 8.78 Å². The van der Waals surface area contributed by atoms with Crippen molar-refractivity contribution >= 4 is 0 Å². The molecular weight excluding hydrogens is 118 g/mol. The van der Waals surface area contributed by atoms with E-state index in [-0.39, 0.29) is 13.0 Å². The average Bonchev–Trinajstić information content (AvgIpc) is 1.86. The van der Waals surface area contributed by atoms with Crippen molar-refractivity contribution < 1.29 is 18.6 Å². The second kappa shape index (κ2) is 1.63. The van der Waals surface area contributed by atoms with Crippen LogP contribution in [0.4, 0.5) is 8.78 Å². The molecule has 1 rings (SSSR count). The Balaban J connectivity index is 2.54. The highest BCUT2D eigenvalue weighted by molar-refractivity contribution is 4.74. The predicted molar refractivity (Wildman–Crippen MR) is 21.5 cm³/mol. The summed E-state index contributed by atoms with van der Waals surface area (Å²) in [4.78, 5) is 0. The van der Waals surface area contributed by atoms with E-state index in [0.717, 1.165) is 0 Å². The smallest absolute Gasteiger partial charge is 0.299 e. The van der Waals surface area contributed by atoms with Gasteiger partial charge in [-0.3, -0.25) is 0 Å². The summed E-state index contributed by atoms with van der Waals surface area (Å²) in [6.45, 7) is -0.0475. The van der Waals surface area contributed by atoms with Crippen molar-refractivity contribution in [3.05, 3.63) is 0 Å². The lowest BCUT2D eigenvalue weighted by atomic mass is 10.3. The third-order valence-electron chi connectivity index (χ3n) is 1.07. The summed E-state index contributed by atoms with van der Waals surface area (Å²) in [5.74, 6) is -3.01. The van der Waals surface area contributed by atoms with Crippen LogP contribution in [-0.4, -0.2) is 23.9 Å². The molecule has 1 aliphatic rings. The summed E-state index contributed by atoms with van der Waals surface area (Å²) in [6, 6.07) is 0. The normalized spacial score (nSPS) is 35.6. The van der Waals surface area contributed by atoms with Gasteiger partial charge in [-0.05, 0) is 0 Å². The van der Waals surface area contributed by atoms with Gasteiger partial charge in [0, 0.05) is 6.42 Å². The molecule has 0 radical (unpaired) electrons. The van der Waals surface area contributed by atoms with Gasteiger partial charge in [0.2, 0.25) is 6.29 Å². The van der Waals surface area contributed by atoms with Crippen molar-refractivity contribution in [1.82, 2.24) is 0 Å². The Morgan fingerprint density at radius 3 is 2.38 bits per heavy atom. The van der Waals surface area contributed by atoms with Gasteiger partial charge >= 0.3 is 0 Å². The van der Waals surface area contributed by atoms with E-state index >= 15 is 0 Å². The third-order valence-corrected chi connectivity index (χ3v) is 1.07. The van der Waals surface area contributed by atoms with Gasteiger partial charge in [0.1, 0.15) is 0 Å². The Hall–Kier alpha value is -0.220. The van der Waals surface area contributed by atoms with Crippen LogP contribution in [0.15, 0.2) is 0 Å². The van der Waals surface area contributed by atoms with Crippen molar-refractivity contribution in [1.29, 1.82) is 0 Å². The highest BCUT2D eigenvalue weighted by Gasteiger charge is 2.44. The van der Waals surface area contributed by atoms with Crippen molar-refractivity contribution in [2.45, 2.75) is 18.6 Å². The minimum atomic E-state index is -3.01. The average molecular weight is 124 g/mol. The topological polar surface area (TPSA) is 29.5 Å². The zero-order valence-electron chi connectivity index (χ0n) is 4.10. The van der Waals surface area contributed by atoms with Gasteiger partial charge in [0.15, 0.2) is 0 Å². The monoisotopic (exact) mass is 124 g/mol. The quantitative estimate of drug-likeness (QED) is 0.505. The first-order chi connectivity index (χ1) is 3.63. The Kier molecular flexibility index (Phi) is 1.21. The molecule has 0 saturated carbocycles. The summed E-state index contributed by atoms with van der Waals surface area (Å²) in [6.07, 6.45) is -2.24. The Labute approximate surface area is 45.1 Å². The number of ether oxygens (including phenoxy) is 1. The maximum atomic E-state index is 12.0. The lowest BCUT2D eigenvalue weighted by Crippen LogP contribution is -2.27. The lowest BCUT2D eigenvalue weighted by Gasteiger charge is -2.09. The minimum Gasteiger partial charge on any atom is -0.363 e. The molecule has 0 aromatic heterocycles. The predicted octanol–water partition coefficient (Wildman–Crippen LogP) is 0.360. The van der Waals surface area contributed by atoms with Crippen molar-refractivity contribution in [3.8, 4) is 0 Å². The zero-order valence-corrected chi connectivity index (χ0v) is 4.10. The van der Waals surface area contributed by atoms with Gasteiger partial charge in [-0.1, -0.05) is 0 Å². The minimum absolute atomic E-state index is 0.0475. The molecule has 1 unspecified atom stereocenters. The van der Waals surface area contributed by atoms with Gasteiger partial charge in [-0.15, -0.1) is 0 Å². The molecular formula is C4H6F2O2. The zero-order chi connectivity index (χ0) is 6.20. The summed E-state index contributed by atoms with van der Waals surface area (Å²) < 4.78 is 28.1. The number of hydrogen-bond acceptors (Lipinski definition) is 2. The number of aliphatic hydroxyl groups is 1. The second-order valence-corrected chi connectivity index (χ2v) is 1.73. The number of alkyl halides is 2. The number of rotatable bonds is 0. The summed E-state index contributed by atoms with van der Waals surface area (Å²) in [5.41, 5.74) is 0. The van der Waals surface area contributed by atoms with Gasteiger partial charge in [0.05, 0.1) is 6.61 Å². The van der Waals surface area contributed by atoms with Gasteiger partial charge in [-0.2, -0.15) is 0 Å². The van der Waals surface area contributed by atoms with E-state index in [1.54, 1.807) is 0 Å². The Bertz CT molecular complexity index is 94.0. The van der Waals surface area contributed by atoms with Crippen LogP contribution in [-0.2, 0) is 4.74 Å². The van der Waals surface area contributed by atoms with Gasteiger partial charge in [-0.25, -0.2) is 8.78 Å². The summed E-state index contributed by atoms with van der Waals surface area (Å²) in [7, 11) is 0. The first-order valence-electron chi connectivity index (χ1n) is 2.30. The largest absolute Gasteiger partial charge is 0.363 e. The maximum Gasteiger partial charge on any atom is 0.299 e. The van der Waals surface area contributed by atoms with E-state index in [0.29, 0.717) is 0 Å². The van der Waals surface area contributed by atoms with Crippen molar-refractivity contribution in [3.63, 3.8) is 0 Å². The highest BCUT2D eigenvalue weighted by Crippen LogP contribution is 2.29. The van der Waals surface area contributed by atoms with Crippen LogP contribution in [0.1, 0.15) is 6.42 Å². The number of aliphatic hydroxyl groups excluding tert-OH is 1. The maximum absolute atomic E-state index is 12.0. The van der Waals surface area contributed by atoms with E-state index in [4.69, 9.17) is 5.11 Å². The van der Waals surface area contributed by atoms with Crippen LogP contribution < -0.4 is 0 Å². The van der Waals surface area contributed by atoms with Crippen LogP contribution >= 0.6 is 0 Å². The van der Waals surface area contributed by atoms with Gasteiger partial charge in [0.25, 0.3) is 5.92 Å². The van der Waals surface area contributed by atoms with E-state index in [2.05, 4.69) is 4.74 Å². The molecule has 1 heterocycles. The molecule has 1 fully saturated rings. The molecule has 0 aliphatic carbocycles. The molecule has 1 N–H and O–H groups in total. The van der Waals surface area contributed by atoms with Crippen LogP contribution in [0, 0.1) is 0 Å². The molecule has 8 heavy (non-hydrogen) atoms. The standard InChI is InChI=1S/C4H6F2O2/c5-4(6)1-2-8-3(4)7/h3,7H,1-2H2. The fraction of sp³-hybridized carbons (Fsp3) is 1.00. The highest BCUT2D eigenvalue weighted by atomic mass is 19.3. The molecule has 0 aromatic rings. The van der Waals surface area contributed by atoms with Gasteiger partial charge < -0.3 is 9.84 Å². The molecule has 0 bridgehead atoms. The first-order valence-corrected chi connectivity index (χ1v) is 2.30. The molecule has 2 nitrogen and oxygen atoms in total. The lowest BCUT2D eigenvalue weighted by molar-refractivity contribution is -0.178. The Morgan fingerprint density at radius 2 is 2.25 bits per heavy atom. The van der Waals surface area contributed by atoms with Crippen LogP contribution in [0.25, 0.3) is 0 Å². The Morgan fingerprint density at radius 1 is 1.62 bits per heavy atom. The molecule has 0 aromatic carbocycles. The van der Waals surface area contributed by atoms with Crippen LogP contribution in [0.5, 0.6) is 0 Å². The van der Waals surface area contributed by atoms with Crippen molar-refractivity contribution in [2.75, 3.05) is 6.61 Å². The summed E-state index contributed by atoms with van der Waals surface area (Å²) in [5, 5.41) is 8.28. The second-order valence-electron chi connectivity index (χ2n) is 1.73. The third kappa shape index (κ3) is 0.809. The molecule has 1 aliphatic heterocycles. The molecule has 0 amide bonds. The van der Waals surface area contributed by atoms with Crippen LogP contribution in [0.3, 0.4) is 0 Å². The number of halogens is 2. The van der Waals surface area contributed by atoms with E-state index in [1.807, 2.05) is 0 Å². The fourth-order valence-electron chi connectivity index (χ4n) is 0.552.